The van der Waals surface area contributed by atoms with E-state index >= 15 is 0 Å². The number of para-hydroxylation sites is 1. The molecule has 3 aromatic rings. The van der Waals surface area contributed by atoms with E-state index in [0.717, 1.165) is 6.07 Å². The summed E-state index contributed by atoms with van der Waals surface area (Å²) in [4.78, 5) is 25.2. The van der Waals surface area contributed by atoms with Crippen molar-refractivity contribution in [1.82, 2.24) is 0 Å². The summed E-state index contributed by atoms with van der Waals surface area (Å²) in [6.07, 6.45) is -6.50. The van der Waals surface area contributed by atoms with Gasteiger partial charge in [0.15, 0.2) is 0 Å². The molecule has 0 saturated carbocycles. The van der Waals surface area contributed by atoms with Crippen molar-refractivity contribution in [2.45, 2.75) is 25.4 Å². The van der Waals surface area contributed by atoms with E-state index in [1.807, 2.05) is 0 Å². The van der Waals surface area contributed by atoms with Crippen LogP contribution < -0.4 is 5.32 Å². The molecule has 0 aromatic heterocycles. The third-order valence-corrected chi connectivity index (χ3v) is 5.22. The third-order valence-electron chi connectivity index (χ3n) is 4.59. The first kappa shape index (κ1) is 25.4. The van der Waals surface area contributed by atoms with Gasteiger partial charge in [0.2, 0.25) is 0 Å². The van der Waals surface area contributed by atoms with E-state index in [2.05, 4.69) is 5.32 Å². The van der Waals surface area contributed by atoms with Crippen molar-refractivity contribution in [3.63, 3.8) is 0 Å². The molecule has 0 aliphatic heterocycles. The molecule has 0 aliphatic carbocycles. The first-order chi connectivity index (χ1) is 16.1. The van der Waals surface area contributed by atoms with Gasteiger partial charge in [0.1, 0.15) is 6.61 Å². The van der Waals surface area contributed by atoms with Crippen LogP contribution in [0.2, 0.25) is 10.0 Å². The van der Waals surface area contributed by atoms with Crippen molar-refractivity contribution in [2.24, 2.45) is 0 Å². The van der Waals surface area contributed by atoms with Gasteiger partial charge in [-0.15, -0.1) is 0 Å². The Morgan fingerprint density at radius 3 is 2.15 bits per heavy atom. The van der Waals surface area contributed by atoms with E-state index < -0.39 is 36.5 Å². The molecule has 34 heavy (non-hydrogen) atoms. The molecule has 0 fully saturated rings. The van der Waals surface area contributed by atoms with Crippen molar-refractivity contribution >= 4 is 40.8 Å². The highest BCUT2D eigenvalue weighted by Crippen LogP contribution is 2.33. The van der Waals surface area contributed by atoms with Crippen molar-refractivity contribution in [2.75, 3.05) is 5.32 Å². The number of rotatable bonds is 8. The van der Waals surface area contributed by atoms with Gasteiger partial charge in [0.05, 0.1) is 27.7 Å². The van der Waals surface area contributed by atoms with Crippen LogP contribution >= 0.6 is 23.2 Å². The topological polar surface area (TPSA) is 64.6 Å². The van der Waals surface area contributed by atoms with Crippen LogP contribution in [0.3, 0.4) is 0 Å². The minimum atomic E-state index is -4.63. The highest BCUT2D eigenvalue weighted by molar-refractivity contribution is 6.39. The van der Waals surface area contributed by atoms with E-state index in [0.29, 0.717) is 5.56 Å². The number of benzene rings is 3. The fourth-order valence-corrected chi connectivity index (χ4v) is 3.49. The average molecular weight is 512 g/mol. The summed E-state index contributed by atoms with van der Waals surface area (Å²) >= 11 is 12.2. The van der Waals surface area contributed by atoms with Gasteiger partial charge in [-0.25, -0.2) is 4.79 Å². The normalized spacial score (nSPS) is 12.0. The standard InChI is InChI=1S/C24H18Cl2F3NO4/c25-18-11-6-12-19(26)21(18)30-22(34-20(31)13-15-7-2-1-3-8-15)23(32)33-14-16-9-4-5-10-17(16)24(27,28)29/h1-12,22,30H,13-14H2. The molecule has 0 bridgehead atoms. The van der Waals surface area contributed by atoms with E-state index in [1.54, 1.807) is 36.4 Å². The molecule has 3 rings (SSSR count). The first-order valence-corrected chi connectivity index (χ1v) is 10.7. The molecule has 0 aliphatic rings. The monoisotopic (exact) mass is 511 g/mol. The number of carbonyl (C=O) groups is 2. The Morgan fingerprint density at radius 1 is 0.882 bits per heavy atom. The fraction of sp³-hybridized carbons (Fsp3) is 0.167. The molecule has 5 nitrogen and oxygen atoms in total. The lowest BCUT2D eigenvalue weighted by molar-refractivity contribution is -0.166. The summed E-state index contributed by atoms with van der Waals surface area (Å²) in [6.45, 7) is -0.695. The van der Waals surface area contributed by atoms with Crippen LogP contribution in [0.15, 0.2) is 72.8 Å². The summed E-state index contributed by atoms with van der Waals surface area (Å²) in [7, 11) is 0. The molecule has 10 heteroatoms. The number of carbonyl (C=O) groups excluding carboxylic acids is 2. The summed E-state index contributed by atoms with van der Waals surface area (Å²) in [6, 6.07) is 17.8. The van der Waals surface area contributed by atoms with Crippen LogP contribution in [0.5, 0.6) is 0 Å². The van der Waals surface area contributed by atoms with Gasteiger partial charge in [-0.1, -0.05) is 77.8 Å². The molecule has 0 heterocycles. The summed E-state index contributed by atoms with van der Waals surface area (Å²) in [5.74, 6) is -1.91. The first-order valence-electron chi connectivity index (χ1n) is 9.91. The minimum Gasteiger partial charge on any atom is -0.457 e. The molecule has 0 amide bonds. The number of hydrogen-bond acceptors (Lipinski definition) is 5. The molecule has 178 valence electrons. The van der Waals surface area contributed by atoms with Gasteiger partial charge in [-0.3, -0.25) is 4.79 Å². The van der Waals surface area contributed by atoms with Crippen LogP contribution in [0.4, 0.5) is 18.9 Å². The van der Waals surface area contributed by atoms with E-state index in [4.69, 9.17) is 32.7 Å². The highest BCUT2D eigenvalue weighted by Gasteiger charge is 2.34. The largest absolute Gasteiger partial charge is 0.457 e. The van der Waals surface area contributed by atoms with Crippen LogP contribution in [0.25, 0.3) is 0 Å². The zero-order chi connectivity index (χ0) is 24.7. The Hall–Kier alpha value is -3.23. The number of anilines is 1. The van der Waals surface area contributed by atoms with Crippen molar-refractivity contribution in [3.8, 4) is 0 Å². The molecular weight excluding hydrogens is 494 g/mol. The summed E-state index contributed by atoms with van der Waals surface area (Å²) in [5, 5.41) is 2.87. The Balaban J connectivity index is 1.78. The lowest BCUT2D eigenvalue weighted by Gasteiger charge is -2.21. The van der Waals surface area contributed by atoms with Gasteiger partial charge in [-0.05, 0) is 23.8 Å². The van der Waals surface area contributed by atoms with Gasteiger partial charge in [0, 0.05) is 5.56 Å². The zero-order valence-corrected chi connectivity index (χ0v) is 19.0. The lowest BCUT2D eigenvalue weighted by atomic mass is 10.1. The van der Waals surface area contributed by atoms with Crippen molar-refractivity contribution < 1.29 is 32.2 Å². The maximum atomic E-state index is 13.2. The Bertz CT molecular complexity index is 1140. The maximum absolute atomic E-state index is 13.2. The third kappa shape index (κ3) is 6.88. The van der Waals surface area contributed by atoms with Gasteiger partial charge >= 0.3 is 18.1 Å². The summed E-state index contributed by atoms with van der Waals surface area (Å²) in [5.41, 5.74) is -0.471. The van der Waals surface area contributed by atoms with Crippen LogP contribution in [0.1, 0.15) is 16.7 Å². The molecular formula is C24H18Cl2F3NO4. The zero-order valence-electron chi connectivity index (χ0n) is 17.4. The quantitative estimate of drug-likeness (QED) is 0.284. The SMILES string of the molecule is O=C(Cc1ccccc1)OC(Nc1c(Cl)cccc1Cl)C(=O)OCc1ccccc1C(F)(F)F. The second kappa shape index (κ2) is 11.3. The second-order valence-corrected chi connectivity index (χ2v) is 7.85. The number of alkyl halides is 3. The average Bonchev–Trinajstić information content (AvgIpc) is 2.79. The van der Waals surface area contributed by atoms with E-state index in [1.165, 1.54) is 30.3 Å². The Labute approximate surface area is 203 Å². The molecule has 3 aromatic carbocycles. The van der Waals surface area contributed by atoms with E-state index in [-0.39, 0.29) is 27.7 Å². The lowest BCUT2D eigenvalue weighted by Crippen LogP contribution is -2.36. The van der Waals surface area contributed by atoms with E-state index in [9.17, 15) is 22.8 Å². The number of nitrogens with one attached hydrogen (secondary N) is 1. The van der Waals surface area contributed by atoms with Crippen LogP contribution in [0, 0.1) is 0 Å². The van der Waals surface area contributed by atoms with Gasteiger partial charge in [-0.2, -0.15) is 13.2 Å². The highest BCUT2D eigenvalue weighted by atomic mass is 35.5. The Kier molecular flexibility index (Phi) is 8.41. The molecule has 1 N–H and O–H groups in total. The fourth-order valence-electron chi connectivity index (χ4n) is 2.99. The number of hydrogen-bond donors (Lipinski definition) is 1. The molecule has 0 spiro atoms. The Morgan fingerprint density at radius 2 is 1.50 bits per heavy atom. The minimum absolute atomic E-state index is 0.0935. The predicted molar refractivity (Wildman–Crippen MR) is 121 cm³/mol. The smallest absolute Gasteiger partial charge is 0.416 e. The number of esters is 2. The van der Waals surface area contributed by atoms with Gasteiger partial charge < -0.3 is 14.8 Å². The predicted octanol–water partition coefficient (Wildman–Crippen LogP) is 6.28. The van der Waals surface area contributed by atoms with Crippen molar-refractivity contribution in [3.05, 3.63) is 99.5 Å². The number of halogens is 5. The van der Waals surface area contributed by atoms with Gasteiger partial charge in [0.25, 0.3) is 6.23 Å². The molecule has 0 saturated heterocycles. The van der Waals surface area contributed by atoms with Crippen LogP contribution in [-0.2, 0) is 38.3 Å². The molecule has 1 unspecified atom stereocenters. The maximum Gasteiger partial charge on any atom is 0.416 e. The summed E-state index contributed by atoms with van der Waals surface area (Å²) < 4.78 is 50.0. The van der Waals surface area contributed by atoms with Crippen LogP contribution in [-0.4, -0.2) is 18.2 Å². The van der Waals surface area contributed by atoms with Crippen molar-refractivity contribution in [1.29, 1.82) is 0 Å². The molecule has 0 radical (unpaired) electrons. The molecule has 1 atom stereocenters. The number of ether oxygens (including phenoxy) is 2. The second-order valence-electron chi connectivity index (χ2n) is 7.04.